The standard InChI is InChI=1S/C20H26N2O4/c1-14(2)19(23)15-8-10-22(11-9-15)20(24)17-12-26-18(21-17)13-25-16-6-4-3-5-7-16/h3-7,12,14-15,19,23H,8-11,13H2,1-2H3/t19-/m0/s1. The number of aliphatic hydroxyl groups is 1. The van der Waals surface area contributed by atoms with E-state index in [0.717, 1.165) is 18.6 Å². The molecule has 1 aromatic heterocycles. The van der Waals surface area contributed by atoms with Crippen LogP contribution < -0.4 is 4.74 Å². The Bertz CT molecular complexity index is 706. The van der Waals surface area contributed by atoms with E-state index in [1.165, 1.54) is 6.26 Å². The lowest BCUT2D eigenvalue weighted by Gasteiger charge is -2.35. The molecule has 1 aliphatic heterocycles. The predicted molar refractivity (Wildman–Crippen MR) is 96.7 cm³/mol. The Morgan fingerprint density at radius 3 is 2.65 bits per heavy atom. The van der Waals surface area contributed by atoms with E-state index < -0.39 is 0 Å². The number of carbonyl (C=O) groups excluding carboxylic acids is 1. The first kappa shape index (κ1) is 18.5. The number of hydrogen-bond donors (Lipinski definition) is 1. The zero-order valence-electron chi connectivity index (χ0n) is 15.3. The van der Waals surface area contributed by atoms with Crippen LogP contribution in [0.3, 0.4) is 0 Å². The van der Waals surface area contributed by atoms with Crippen LogP contribution in [-0.2, 0) is 6.61 Å². The molecule has 1 saturated heterocycles. The van der Waals surface area contributed by atoms with Gasteiger partial charge in [0.1, 0.15) is 12.0 Å². The number of nitrogens with zero attached hydrogens (tertiary/aromatic N) is 2. The Morgan fingerprint density at radius 2 is 2.00 bits per heavy atom. The minimum absolute atomic E-state index is 0.128. The van der Waals surface area contributed by atoms with Crippen LogP contribution in [0.25, 0.3) is 0 Å². The SMILES string of the molecule is CC(C)[C@H](O)C1CCN(C(=O)c2coc(COc3ccccc3)n2)CC1. The molecule has 1 atom stereocenters. The maximum absolute atomic E-state index is 12.6. The lowest BCUT2D eigenvalue weighted by molar-refractivity contribution is 0.0260. The molecule has 0 radical (unpaired) electrons. The summed E-state index contributed by atoms with van der Waals surface area (Å²) >= 11 is 0. The summed E-state index contributed by atoms with van der Waals surface area (Å²) in [5.41, 5.74) is 0.305. The van der Waals surface area contributed by atoms with E-state index >= 15 is 0 Å². The monoisotopic (exact) mass is 358 g/mol. The number of aromatic nitrogens is 1. The fraction of sp³-hybridized carbons (Fsp3) is 0.500. The molecule has 2 heterocycles. The zero-order valence-corrected chi connectivity index (χ0v) is 15.3. The van der Waals surface area contributed by atoms with Crippen LogP contribution in [0.4, 0.5) is 0 Å². The van der Waals surface area contributed by atoms with Crippen molar-refractivity contribution < 1.29 is 19.1 Å². The van der Waals surface area contributed by atoms with Gasteiger partial charge in [-0.1, -0.05) is 32.0 Å². The van der Waals surface area contributed by atoms with Crippen LogP contribution in [0.1, 0.15) is 43.1 Å². The Kier molecular flexibility index (Phi) is 5.93. The molecule has 0 spiro atoms. The Morgan fingerprint density at radius 1 is 1.31 bits per heavy atom. The van der Waals surface area contributed by atoms with Gasteiger partial charge in [0.15, 0.2) is 12.3 Å². The zero-order chi connectivity index (χ0) is 18.5. The largest absolute Gasteiger partial charge is 0.484 e. The number of aliphatic hydroxyl groups excluding tert-OH is 1. The molecule has 1 amide bonds. The molecule has 3 rings (SSSR count). The van der Waals surface area contributed by atoms with Gasteiger partial charge in [-0.2, -0.15) is 0 Å². The number of hydrogen-bond acceptors (Lipinski definition) is 5. The van der Waals surface area contributed by atoms with E-state index in [-0.39, 0.29) is 30.5 Å². The number of oxazole rings is 1. The highest BCUT2D eigenvalue weighted by Crippen LogP contribution is 2.25. The van der Waals surface area contributed by atoms with Crippen LogP contribution >= 0.6 is 0 Å². The first-order chi connectivity index (χ1) is 12.5. The average molecular weight is 358 g/mol. The minimum Gasteiger partial charge on any atom is -0.484 e. The molecule has 6 nitrogen and oxygen atoms in total. The van der Waals surface area contributed by atoms with Crippen molar-refractivity contribution in [2.75, 3.05) is 13.1 Å². The number of likely N-dealkylation sites (tertiary alicyclic amines) is 1. The van der Waals surface area contributed by atoms with Gasteiger partial charge in [0.25, 0.3) is 5.91 Å². The van der Waals surface area contributed by atoms with Gasteiger partial charge < -0.3 is 19.2 Å². The van der Waals surface area contributed by atoms with Crippen molar-refractivity contribution in [1.82, 2.24) is 9.88 Å². The van der Waals surface area contributed by atoms with E-state index in [0.29, 0.717) is 24.7 Å². The van der Waals surface area contributed by atoms with Crippen molar-refractivity contribution in [2.45, 2.75) is 39.4 Å². The highest BCUT2D eigenvalue weighted by Gasteiger charge is 2.30. The summed E-state index contributed by atoms with van der Waals surface area (Å²) in [6, 6.07) is 9.40. The highest BCUT2D eigenvalue weighted by molar-refractivity contribution is 5.92. The lowest BCUT2D eigenvalue weighted by Crippen LogP contribution is -2.42. The second-order valence-corrected chi connectivity index (χ2v) is 7.09. The van der Waals surface area contributed by atoms with Gasteiger partial charge in [-0.15, -0.1) is 0 Å². The molecule has 1 aromatic carbocycles. The number of rotatable bonds is 6. The Hall–Kier alpha value is -2.34. The summed E-state index contributed by atoms with van der Waals surface area (Å²) in [5, 5.41) is 10.2. The lowest BCUT2D eigenvalue weighted by atomic mass is 9.85. The second kappa shape index (κ2) is 8.36. The number of ether oxygens (including phenoxy) is 1. The average Bonchev–Trinajstić information content (AvgIpc) is 3.15. The summed E-state index contributed by atoms with van der Waals surface area (Å²) in [5.74, 6) is 1.47. The normalized spacial score (nSPS) is 16.7. The van der Waals surface area contributed by atoms with Crippen LogP contribution in [0.15, 0.2) is 41.0 Å². The first-order valence-corrected chi connectivity index (χ1v) is 9.14. The van der Waals surface area contributed by atoms with Crippen LogP contribution in [0.2, 0.25) is 0 Å². The molecule has 0 aliphatic carbocycles. The van der Waals surface area contributed by atoms with Crippen molar-refractivity contribution in [3.63, 3.8) is 0 Å². The summed E-state index contributed by atoms with van der Waals surface area (Å²) < 4.78 is 10.9. The summed E-state index contributed by atoms with van der Waals surface area (Å²) in [6.45, 7) is 5.50. The minimum atomic E-state index is -0.305. The molecule has 0 unspecified atom stereocenters. The van der Waals surface area contributed by atoms with E-state index in [2.05, 4.69) is 4.98 Å². The van der Waals surface area contributed by atoms with E-state index in [1.807, 2.05) is 44.2 Å². The third kappa shape index (κ3) is 4.43. The van der Waals surface area contributed by atoms with E-state index in [1.54, 1.807) is 4.90 Å². The van der Waals surface area contributed by atoms with Crippen molar-refractivity contribution in [2.24, 2.45) is 11.8 Å². The number of benzene rings is 1. The van der Waals surface area contributed by atoms with Gasteiger partial charge in [0.2, 0.25) is 5.89 Å². The fourth-order valence-corrected chi connectivity index (χ4v) is 3.29. The van der Waals surface area contributed by atoms with Crippen LogP contribution in [0, 0.1) is 11.8 Å². The third-order valence-electron chi connectivity index (χ3n) is 4.87. The van der Waals surface area contributed by atoms with Crippen LogP contribution in [0.5, 0.6) is 5.75 Å². The predicted octanol–water partition coefficient (Wildman–Crippen LogP) is 3.12. The molecular formula is C20H26N2O4. The number of carbonyl (C=O) groups is 1. The maximum atomic E-state index is 12.6. The Balaban J connectivity index is 1.52. The van der Waals surface area contributed by atoms with Gasteiger partial charge in [0, 0.05) is 13.1 Å². The highest BCUT2D eigenvalue weighted by atomic mass is 16.5. The molecule has 1 fully saturated rings. The molecule has 2 aromatic rings. The molecule has 1 aliphatic rings. The molecular weight excluding hydrogens is 332 g/mol. The summed E-state index contributed by atoms with van der Waals surface area (Å²) in [4.78, 5) is 18.6. The van der Waals surface area contributed by atoms with Gasteiger partial charge in [-0.25, -0.2) is 4.98 Å². The smallest absolute Gasteiger partial charge is 0.275 e. The second-order valence-electron chi connectivity index (χ2n) is 7.09. The summed E-state index contributed by atoms with van der Waals surface area (Å²) in [7, 11) is 0. The van der Waals surface area contributed by atoms with Gasteiger partial charge in [0.05, 0.1) is 6.10 Å². The summed E-state index contributed by atoms with van der Waals surface area (Å²) in [6.07, 6.45) is 2.71. The molecule has 140 valence electrons. The van der Waals surface area contributed by atoms with Crippen molar-refractivity contribution in [3.8, 4) is 5.75 Å². The van der Waals surface area contributed by atoms with Crippen LogP contribution in [-0.4, -0.2) is 40.1 Å². The topological polar surface area (TPSA) is 75.8 Å². The molecule has 0 saturated carbocycles. The van der Waals surface area contributed by atoms with Crippen molar-refractivity contribution >= 4 is 5.91 Å². The molecule has 6 heteroatoms. The number of para-hydroxylation sites is 1. The van der Waals surface area contributed by atoms with Gasteiger partial charge >= 0.3 is 0 Å². The maximum Gasteiger partial charge on any atom is 0.275 e. The fourth-order valence-electron chi connectivity index (χ4n) is 3.29. The van der Waals surface area contributed by atoms with Crippen molar-refractivity contribution in [1.29, 1.82) is 0 Å². The third-order valence-corrected chi connectivity index (χ3v) is 4.87. The Labute approximate surface area is 153 Å². The van der Waals surface area contributed by atoms with Gasteiger partial charge in [-0.3, -0.25) is 4.79 Å². The molecule has 1 N–H and O–H groups in total. The van der Waals surface area contributed by atoms with Gasteiger partial charge in [-0.05, 0) is 36.8 Å². The van der Waals surface area contributed by atoms with E-state index in [4.69, 9.17) is 9.15 Å². The number of amides is 1. The quantitative estimate of drug-likeness (QED) is 0.859. The van der Waals surface area contributed by atoms with E-state index in [9.17, 15) is 9.90 Å². The molecule has 0 bridgehead atoms. The van der Waals surface area contributed by atoms with Crippen molar-refractivity contribution in [3.05, 3.63) is 48.2 Å². The molecule has 26 heavy (non-hydrogen) atoms. The first-order valence-electron chi connectivity index (χ1n) is 9.14. The number of piperidine rings is 1.